The lowest BCUT2D eigenvalue weighted by atomic mass is 9.88. The van der Waals surface area contributed by atoms with Crippen LogP contribution in [0.1, 0.15) is 76.4 Å². The van der Waals surface area contributed by atoms with E-state index >= 15 is 0 Å². The van der Waals surface area contributed by atoms with Crippen LogP contribution < -0.4 is 10.6 Å². The van der Waals surface area contributed by atoms with Crippen LogP contribution in [0.5, 0.6) is 0 Å². The molecule has 0 radical (unpaired) electrons. The maximum absolute atomic E-state index is 13.5. The Morgan fingerprint density at radius 2 is 2.03 bits per heavy atom. The molecule has 0 aliphatic heterocycles. The van der Waals surface area contributed by atoms with Gasteiger partial charge in [-0.3, -0.25) is 18.8 Å². The lowest BCUT2D eigenvalue weighted by molar-refractivity contribution is -0.119. The van der Waals surface area contributed by atoms with Gasteiger partial charge in [-0.2, -0.15) is 5.10 Å². The normalized spacial score (nSPS) is 25.7. The third-order valence-electron chi connectivity index (χ3n) is 8.14. The predicted molar refractivity (Wildman–Crippen MR) is 138 cm³/mol. The summed E-state index contributed by atoms with van der Waals surface area (Å²) in [5.41, 5.74) is 1.13. The molecule has 0 saturated heterocycles. The summed E-state index contributed by atoms with van der Waals surface area (Å²) < 4.78 is 42.8. The minimum Gasteiger partial charge on any atom is -0.349 e. The molecule has 2 fully saturated rings. The van der Waals surface area contributed by atoms with Crippen molar-refractivity contribution in [3.63, 3.8) is 0 Å². The van der Waals surface area contributed by atoms with Crippen LogP contribution in [-0.4, -0.2) is 48.4 Å². The maximum atomic E-state index is 13.5. The Hall–Kier alpha value is -3.22. The number of nitrogens with one attached hydrogen (secondary N) is 2. The molecule has 13 heteroatoms. The van der Waals surface area contributed by atoms with Crippen molar-refractivity contribution in [1.29, 1.82) is 0 Å². The first-order chi connectivity index (χ1) is 18.7. The number of ketones is 1. The molecule has 0 spiro atoms. The average Bonchev–Trinajstić information content (AvgIpc) is 3.19. The average molecular weight is 562 g/mol. The fraction of sp³-hybridized carbons (Fsp3) is 0.577. The highest BCUT2D eigenvalue weighted by molar-refractivity contribution is 7.12. The van der Waals surface area contributed by atoms with Crippen molar-refractivity contribution in [3.05, 3.63) is 39.0 Å². The van der Waals surface area contributed by atoms with Gasteiger partial charge in [0.05, 0.1) is 5.56 Å². The molecule has 39 heavy (non-hydrogen) atoms. The van der Waals surface area contributed by atoms with Crippen molar-refractivity contribution < 1.29 is 22.8 Å². The Morgan fingerprint density at radius 1 is 1.26 bits per heavy atom. The van der Waals surface area contributed by atoms with Gasteiger partial charge in [-0.25, -0.2) is 13.2 Å². The molecule has 1 amide bonds. The van der Waals surface area contributed by atoms with Gasteiger partial charge in [-0.15, -0.1) is 21.5 Å². The lowest BCUT2D eigenvalue weighted by Gasteiger charge is -2.31. The number of nitrogens with zero attached hydrogens (tertiary/aromatic N) is 5. The van der Waals surface area contributed by atoms with Gasteiger partial charge in [0.25, 0.3) is 12.3 Å². The van der Waals surface area contributed by atoms with Crippen molar-refractivity contribution in [1.82, 2.24) is 29.9 Å². The first-order valence-corrected chi connectivity index (χ1v) is 14.1. The summed E-state index contributed by atoms with van der Waals surface area (Å²) in [5, 5.41) is 18.1. The number of alkyl halides is 3. The van der Waals surface area contributed by atoms with E-state index in [1.807, 2.05) is 4.57 Å². The predicted octanol–water partition coefficient (Wildman–Crippen LogP) is 4.48. The summed E-state index contributed by atoms with van der Waals surface area (Å²) in [4.78, 5) is 28.3. The maximum Gasteiger partial charge on any atom is 0.282 e. The van der Waals surface area contributed by atoms with Gasteiger partial charge in [-0.1, -0.05) is 6.92 Å². The molecular formula is C26H30F3N7O2S. The number of amides is 1. The van der Waals surface area contributed by atoms with E-state index < -0.39 is 12.6 Å². The number of Topliss-reactive ketones (excluding diaryl/α,β-unsaturated/α-hetero) is 1. The van der Waals surface area contributed by atoms with Crippen molar-refractivity contribution >= 4 is 34.8 Å². The van der Waals surface area contributed by atoms with Crippen molar-refractivity contribution in [3.8, 4) is 0 Å². The number of hydrogen-bond donors (Lipinski definition) is 2. The summed E-state index contributed by atoms with van der Waals surface area (Å²) in [6.07, 6.45) is 1.77. The molecule has 0 unspecified atom stereocenters. The zero-order valence-corrected chi connectivity index (χ0v) is 22.5. The monoisotopic (exact) mass is 561 g/mol. The standard InChI is InChI=1S/C26H30F3N7O2S/c1-12-5-16(12)19(37)10-21-23(25(38)31-14-6-13(27)7-14)17-8-15(3-4-20(17)39-21)36-11-30-33-26(36)32-22-9-18(24(28)29)34-35(22)2/h9,11-16,24H,3-8,10H2,1-2H3,(H,31,38)(H,32,33)/t12-,13?,14?,15-,16-/m0/s1. The Balaban J connectivity index is 1.26. The minimum absolute atomic E-state index is 0.0648. The van der Waals surface area contributed by atoms with E-state index in [2.05, 4.69) is 32.9 Å². The third-order valence-corrected chi connectivity index (χ3v) is 9.43. The number of rotatable bonds is 9. The Labute approximate surface area is 227 Å². The van der Waals surface area contributed by atoms with Crippen LogP contribution in [0.25, 0.3) is 0 Å². The van der Waals surface area contributed by atoms with E-state index in [1.165, 1.54) is 22.1 Å². The second-order valence-corrected chi connectivity index (χ2v) is 12.2. The van der Waals surface area contributed by atoms with Crippen molar-refractivity contribution in [2.75, 3.05) is 5.32 Å². The Kier molecular flexibility index (Phi) is 6.72. The molecule has 0 aromatic carbocycles. The third kappa shape index (κ3) is 5.08. The van der Waals surface area contributed by atoms with Gasteiger partial charge >= 0.3 is 0 Å². The molecule has 9 nitrogen and oxygen atoms in total. The number of hydrogen-bond acceptors (Lipinski definition) is 7. The van der Waals surface area contributed by atoms with Crippen LogP contribution in [-0.2, 0) is 31.1 Å². The molecule has 3 aliphatic carbocycles. The fourth-order valence-electron chi connectivity index (χ4n) is 5.66. The largest absolute Gasteiger partial charge is 0.349 e. The second-order valence-electron chi connectivity index (χ2n) is 11.0. The van der Waals surface area contributed by atoms with Gasteiger partial charge in [0.1, 0.15) is 29.8 Å². The number of carbonyl (C=O) groups is 2. The topological polar surface area (TPSA) is 107 Å². The van der Waals surface area contributed by atoms with Crippen molar-refractivity contribution in [2.24, 2.45) is 18.9 Å². The van der Waals surface area contributed by atoms with Crippen LogP contribution in [0, 0.1) is 11.8 Å². The summed E-state index contributed by atoms with van der Waals surface area (Å²) in [7, 11) is 1.57. The molecule has 3 atom stereocenters. The Morgan fingerprint density at radius 3 is 2.69 bits per heavy atom. The summed E-state index contributed by atoms with van der Waals surface area (Å²) in [6.45, 7) is 2.06. The van der Waals surface area contributed by atoms with Gasteiger partial charge in [0, 0.05) is 47.3 Å². The van der Waals surface area contributed by atoms with Gasteiger partial charge in [0.2, 0.25) is 5.95 Å². The molecule has 3 aromatic heterocycles. The van der Waals surface area contributed by atoms with E-state index in [0.717, 1.165) is 28.2 Å². The van der Waals surface area contributed by atoms with Crippen LogP contribution in [0.4, 0.5) is 24.9 Å². The van der Waals surface area contributed by atoms with Gasteiger partial charge in [0.15, 0.2) is 0 Å². The smallest absolute Gasteiger partial charge is 0.282 e. The highest BCUT2D eigenvalue weighted by Gasteiger charge is 2.40. The second kappa shape index (κ2) is 10.1. The molecule has 0 bridgehead atoms. The summed E-state index contributed by atoms with van der Waals surface area (Å²) in [6, 6.07) is 0.987. The van der Waals surface area contributed by atoms with Crippen molar-refractivity contribution in [2.45, 2.75) is 76.6 Å². The molecular weight excluding hydrogens is 531 g/mol. The minimum atomic E-state index is -2.69. The molecule has 2 saturated carbocycles. The van der Waals surface area contributed by atoms with Gasteiger partial charge < -0.3 is 10.6 Å². The molecule has 208 valence electrons. The molecule has 6 rings (SSSR count). The number of aryl methyl sites for hydroxylation is 2. The quantitative estimate of drug-likeness (QED) is 0.399. The summed E-state index contributed by atoms with van der Waals surface area (Å²) >= 11 is 1.54. The van der Waals surface area contributed by atoms with Crippen LogP contribution in [0.2, 0.25) is 0 Å². The zero-order chi connectivity index (χ0) is 27.4. The van der Waals surface area contributed by atoms with E-state index in [1.54, 1.807) is 13.4 Å². The number of fused-ring (bicyclic) bond motifs is 1. The van der Waals surface area contributed by atoms with Crippen LogP contribution >= 0.6 is 11.3 Å². The van der Waals surface area contributed by atoms with Crippen LogP contribution in [0.3, 0.4) is 0 Å². The Bertz CT molecular complexity index is 1410. The zero-order valence-electron chi connectivity index (χ0n) is 21.7. The molecule has 3 heterocycles. The number of halogens is 3. The number of carbonyl (C=O) groups excluding carboxylic acids is 2. The van der Waals surface area contributed by atoms with E-state index in [9.17, 15) is 22.8 Å². The molecule has 3 aliphatic rings. The lowest BCUT2D eigenvalue weighted by Crippen LogP contribution is -2.45. The fourth-order valence-corrected chi connectivity index (χ4v) is 7.02. The van der Waals surface area contributed by atoms with Crippen LogP contribution in [0.15, 0.2) is 12.4 Å². The molecule has 2 N–H and O–H groups in total. The van der Waals surface area contributed by atoms with Gasteiger partial charge in [-0.05, 0) is 50.0 Å². The SMILES string of the molecule is C[C@H]1C[C@@H]1C(=O)Cc1sc2c(c1C(=O)NC1CC(F)C1)C[C@@H](n1cnnc1Nc1cc(C(F)F)nn1C)CC2. The highest BCUT2D eigenvalue weighted by Crippen LogP contribution is 2.43. The van der Waals surface area contributed by atoms with E-state index in [4.69, 9.17) is 0 Å². The van der Waals surface area contributed by atoms with E-state index in [0.29, 0.717) is 48.9 Å². The first-order valence-electron chi connectivity index (χ1n) is 13.3. The number of anilines is 2. The highest BCUT2D eigenvalue weighted by atomic mass is 32.1. The number of thiophene rings is 1. The number of aromatic nitrogens is 5. The summed E-state index contributed by atoms with van der Waals surface area (Å²) in [5.74, 6) is 1.12. The first kappa shape index (κ1) is 26.0. The van der Waals surface area contributed by atoms with E-state index in [-0.39, 0.29) is 41.8 Å². The molecule has 3 aromatic rings.